The molecule has 4 heteroatoms. The van der Waals surface area contributed by atoms with Gasteiger partial charge in [-0.1, -0.05) is 34.1 Å². The van der Waals surface area contributed by atoms with Gasteiger partial charge in [0.05, 0.1) is 11.0 Å². The van der Waals surface area contributed by atoms with Gasteiger partial charge in [0, 0.05) is 22.5 Å². The van der Waals surface area contributed by atoms with Crippen LogP contribution in [0.3, 0.4) is 0 Å². The van der Waals surface area contributed by atoms with Crippen LogP contribution < -0.4 is 0 Å². The van der Waals surface area contributed by atoms with Gasteiger partial charge in [0.1, 0.15) is 5.82 Å². The molecule has 96 valence electrons. The number of rotatable bonds is 3. The topological polar surface area (TPSA) is 17.8 Å². The van der Waals surface area contributed by atoms with Gasteiger partial charge >= 0.3 is 0 Å². The molecule has 0 aliphatic rings. The maximum atomic E-state index is 5.89. The zero-order chi connectivity index (χ0) is 13.2. The number of hydrogen-bond acceptors (Lipinski definition) is 1. The molecule has 0 radical (unpaired) electrons. The van der Waals surface area contributed by atoms with E-state index in [1.807, 2.05) is 30.3 Å². The highest BCUT2D eigenvalue weighted by molar-refractivity contribution is 9.10. The van der Waals surface area contributed by atoms with Crippen LogP contribution in [-0.4, -0.2) is 15.4 Å². The van der Waals surface area contributed by atoms with E-state index in [0.29, 0.717) is 5.88 Å². The number of fused-ring (bicyclic) bond motifs is 1. The van der Waals surface area contributed by atoms with Crippen LogP contribution in [0.5, 0.6) is 0 Å². The van der Waals surface area contributed by atoms with Crippen LogP contribution in [-0.2, 0) is 6.42 Å². The lowest BCUT2D eigenvalue weighted by Crippen LogP contribution is -2.01. The molecule has 2 nitrogen and oxygen atoms in total. The number of para-hydroxylation sites is 1. The Labute approximate surface area is 125 Å². The molecule has 2 aromatic carbocycles. The smallest absolute Gasteiger partial charge is 0.115 e. The molecule has 0 saturated heterocycles. The predicted molar refractivity (Wildman–Crippen MR) is 83.2 cm³/mol. The molecule has 3 rings (SSSR count). The molecule has 0 unspecified atom stereocenters. The van der Waals surface area contributed by atoms with Gasteiger partial charge in [0.2, 0.25) is 0 Å². The molecule has 0 saturated carbocycles. The molecule has 0 aliphatic heterocycles. The van der Waals surface area contributed by atoms with E-state index >= 15 is 0 Å². The van der Waals surface area contributed by atoms with Crippen molar-refractivity contribution >= 4 is 38.6 Å². The van der Waals surface area contributed by atoms with Crippen LogP contribution in [0, 0.1) is 0 Å². The monoisotopic (exact) mass is 334 g/mol. The lowest BCUT2D eigenvalue weighted by molar-refractivity contribution is 0.912. The van der Waals surface area contributed by atoms with Crippen molar-refractivity contribution in [1.29, 1.82) is 0 Å². The average Bonchev–Trinajstić information content (AvgIpc) is 2.77. The lowest BCUT2D eigenvalue weighted by Gasteiger charge is -2.08. The van der Waals surface area contributed by atoms with Crippen molar-refractivity contribution < 1.29 is 0 Å². The average molecular weight is 336 g/mol. The molecule has 0 atom stereocenters. The third-order valence-electron chi connectivity index (χ3n) is 3.02. The second-order valence-electron chi connectivity index (χ2n) is 4.27. The number of alkyl halides is 1. The number of nitrogens with zero attached hydrogens (tertiary/aromatic N) is 2. The van der Waals surface area contributed by atoms with Crippen LogP contribution in [0.4, 0.5) is 0 Å². The number of aryl methyl sites for hydroxylation is 1. The van der Waals surface area contributed by atoms with Gasteiger partial charge in [0.25, 0.3) is 0 Å². The summed E-state index contributed by atoms with van der Waals surface area (Å²) in [7, 11) is 0. The van der Waals surface area contributed by atoms with Crippen molar-refractivity contribution in [2.75, 3.05) is 5.88 Å². The summed E-state index contributed by atoms with van der Waals surface area (Å²) in [5, 5.41) is 0. The Morgan fingerprint density at radius 1 is 1.11 bits per heavy atom. The standard InChI is InChI=1S/C15H12BrClN2/c16-11-6-7-13-14(10-11)19(15(18-13)8-9-17)12-4-2-1-3-5-12/h1-7,10H,8-9H2. The highest BCUT2D eigenvalue weighted by Crippen LogP contribution is 2.25. The summed E-state index contributed by atoms with van der Waals surface area (Å²) in [5.74, 6) is 1.56. The second kappa shape index (κ2) is 5.35. The molecule has 1 aromatic heterocycles. The minimum Gasteiger partial charge on any atom is -0.296 e. The van der Waals surface area contributed by atoms with Gasteiger partial charge in [-0.2, -0.15) is 0 Å². The molecule has 3 aromatic rings. The Morgan fingerprint density at radius 2 is 1.89 bits per heavy atom. The molecule has 0 N–H and O–H groups in total. The van der Waals surface area contributed by atoms with Crippen LogP contribution in [0.2, 0.25) is 0 Å². The predicted octanol–water partition coefficient (Wildman–Crippen LogP) is 4.57. The quantitative estimate of drug-likeness (QED) is 0.641. The van der Waals surface area contributed by atoms with Gasteiger partial charge in [-0.25, -0.2) is 4.98 Å². The van der Waals surface area contributed by atoms with E-state index in [2.05, 4.69) is 43.7 Å². The van der Waals surface area contributed by atoms with E-state index in [1.54, 1.807) is 0 Å². The van der Waals surface area contributed by atoms with Crippen LogP contribution in [0.25, 0.3) is 16.7 Å². The Bertz CT molecular complexity index is 707. The number of halogens is 2. The first-order chi connectivity index (χ1) is 9.29. The normalized spacial score (nSPS) is 11.1. The van der Waals surface area contributed by atoms with E-state index in [1.165, 1.54) is 0 Å². The van der Waals surface area contributed by atoms with Gasteiger partial charge in [-0.3, -0.25) is 4.57 Å². The zero-order valence-corrected chi connectivity index (χ0v) is 12.5. The minimum atomic E-state index is 0.567. The number of aromatic nitrogens is 2. The minimum absolute atomic E-state index is 0.567. The van der Waals surface area contributed by atoms with E-state index in [0.717, 1.165) is 33.4 Å². The van der Waals surface area contributed by atoms with E-state index in [4.69, 9.17) is 11.6 Å². The van der Waals surface area contributed by atoms with E-state index < -0.39 is 0 Å². The first-order valence-electron chi connectivity index (χ1n) is 6.08. The van der Waals surface area contributed by atoms with Gasteiger partial charge in [-0.05, 0) is 30.3 Å². The van der Waals surface area contributed by atoms with Crippen LogP contribution >= 0.6 is 27.5 Å². The highest BCUT2D eigenvalue weighted by Gasteiger charge is 2.11. The van der Waals surface area contributed by atoms with Crippen molar-refractivity contribution in [1.82, 2.24) is 9.55 Å². The fraction of sp³-hybridized carbons (Fsp3) is 0.133. The zero-order valence-electron chi connectivity index (χ0n) is 10.2. The van der Waals surface area contributed by atoms with Crippen molar-refractivity contribution in [2.24, 2.45) is 0 Å². The Hall–Kier alpha value is -1.32. The summed E-state index contributed by atoms with van der Waals surface area (Å²) in [4.78, 5) is 4.68. The molecular formula is C15H12BrClN2. The van der Waals surface area contributed by atoms with Gasteiger partial charge in [0.15, 0.2) is 0 Å². The van der Waals surface area contributed by atoms with E-state index in [9.17, 15) is 0 Å². The number of hydrogen-bond donors (Lipinski definition) is 0. The van der Waals surface area contributed by atoms with Crippen LogP contribution in [0.15, 0.2) is 53.0 Å². The Balaban J connectivity index is 2.30. The van der Waals surface area contributed by atoms with Crippen molar-refractivity contribution in [3.05, 3.63) is 58.8 Å². The Kier molecular flexibility index (Phi) is 3.58. The third-order valence-corrected chi connectivity index (χ3v) is 3.70. The highest BCUT2D eigenvalue weighted by atomic mass is 79.9. The number of benzene rings is 2. The molecule has 0 aliphatic carbocycles. The lowest BCUT2D eigenvalue weighted by atomic mass is 10.2. The summed E-state index contributed by atoms with van der Waals surface area (Å²) in [6.07, 6.45) is 0.753. The van der Waals surface area contributed by atoms with Crippen LogP contribution in [0.1, 0.15) is 5.82 Å². The van der Waals surface area contributed by atoms with E-state index in [-0.39, 0.29) is 0 Å². The van der Waals surface area contributed by atoms with Crippen molar-refractivity contribution in [3.8, 4) is 5.69 Å². The third kappa shape index (κ3) is 2.40. The molecular weight excluding hydrogens is 324 g/mol. The summed E-state index contributed by atoms with van der Waals surface area (Å²) in [5.41, 5.74) is 3.20. The first-order valence-corrected chi connectivity index (χ1v) is 7.40. The molecule has 0 amide bonds. The molecule has 0 bridgehead atoms. The maximum Gasteiger partial charge on any atom is 0.115 e. The summed E-state index contributed by atoms with van der Waals surface area (Å²) in [6.45, 7) is 0. The number of imidazole rings is 1. The largest absolute Gasteiger partial charge is 0.296 e. The summed E-state index contributed by atoms with van der Waals surface area (Å²) < 4.78 is 3.22. The van der Waals surface area contributed by atoms with Gasteiger partial charge < -0.3 is 0 Å². The molecule has 1 heterocycles. The second-order valence-corrected chi connectivity index (χ2v) is 5.56. The fourth-order valence-electron chi connectivity index (χ4n) is 2.22. The van der Waals surface area contributed by atoms with Crippen molar-refractivity contribution in [2.45, 2.75) is 6.42 Å². The SMILES string of the molecule is ClCCc1nc2ccc(Br)cc2n1-c1ccccc1. The molecule has 0 fully saturated rings. The first kappa shape index (κ1) is 12.7. The van der Waals surface area contributed by atoms with Crippen molar-refractivity contribution in [3.63, 3.8) is 0 Å². The fourth-order valence-corrected chi connectivity index (χ4v) is 2.73. The maximum absolute atomic E-state index is 5.89. The summed E-state index contributed by atoms with van der Waals surface area (Å²) >= 11 is 9.41. The Morgan fingerprint density at radius 3 is 2.63 bits per heavy atom. The molecule has 19 heavy (non-hydrogen) atoms. The summed E-state index contributed by atoms with van der Waals surface area (Å²) in [6, 6.07) is 16.4. The van der Waals surface area contributed by atoms with Gasteiger partial charge in [-0.15, -0.1) is 11.6 Å². The molecule has 0 spiro atoms.